The molecule has 11 nitrogen and oxygen atoms in total. The molecule has 0 aliphatic carbocycles. The van der Waals surface area contributed by atoms with Gasteiger partial charge in [-0.05, 0) is 56.2 Å². The van der Waals surface area contributed by atoms with Gasteiger partial charge in [0.05, 0.1) is 22.6 Å². The molecule has 220 valence electrons. The first kappa shape index (κ1) is 30.2. The molecule has 2 heterocycles. The van der Waals surface area contributed by atoms with Crippen molar-refractivity contribution in [3.05, 3.63) is 71.4 Å². The molecule has 0 saturated heterocycles. The van der Waals surface area contributed by atoms with Crippen LogP contribution >= 0.6 is 0 Å². The molecule has 13 heteroatoms. The molecule has 0 radical (unpaired) electrons. The molecule has 0 bridgehead atoms. The van der Waals surface area contributed by atoms with Gasteiger partial charge in [0.15, 0.2) is 5.69 Å². The van der Waals surface area contributed by atoms with E-state index in [4.69, 9.17) is 14.0 Å². The summed E-state index contributed by atoms with van der Waals surface area (Å²) in [6, 6.07) is 10.2. The Morgan fingerprint density at radius 2 is 1.90 bits per heavy atom. The van der Waals surface area contributed by atoms with Crippen molar-refractivity contribution in [2.24, 2.45) is 5.92 Å². The van der Waals surface area contributed by atoms with Crippen molar-refractivity contribution in [1.29, 1.82) is 0 Å². The van der Waals surface area contributed by atoms with Gasteiger partial charge in [-0.3, -0.25) is 9.59 Å². The van der Waals surface area contributed by atoms with Gasteiger partial charge in [0.2, 0.25) is 10.0 Å². The van der Waals surface area contributed by atoms with Crippen LogP contribution < -0.4 is 10.1 Å². The zero-order valence-electron chi connectivity index (χ0n) is 23.5. The zero-order chi connectivity index (χ0) is 29.9. The number of methoxy groups -OCH3 is 1. The number of aryl methyl sites for hydroxylation is 1. The van der Waals surface area contributed by atoms with E-state index < -0.39 is 33.9 Å². The molecule has 3 aromatic rings. The molecular formula is C28H33FN4O7S. The second kappa shape index (κ2) is 12.4. The number of benzene rings is 2. The van der Waals surface area contributed by atoms with Crippen LogP contribution in [0.1, 0.15) is 40.5 Å². The quantitative estimate of drug-likeness (QED) is 0.479. The predicted octanol–water partition coefficient (Wildman–Crippen LogP) is 3.57. The van der Waals surface area contributed by atoms with E-state index in [2.05, 4.69) is 10.5 Å². The second-order valence-corrected chi connectivity index (χ2v) is 12.0. The minimum Gasteiger partial charge on any atom is -0.491 e. The highest BCUT2D eigenvalue weighted by atomic mass is 32.2. The van der Waals surface area contributed by atoms with E-state index in [9.17, 15) is 22.4 Å². The van der Waals surface area contributed by atoms with Crippen molar-refractivity contribution >= 4 is 27.5 Å². The van der Waals surface area contributed by atoms with Crippen molar-refractivity contribution in [1.82, 2.24) is 14.4 Å². The minimum atomic E-state index is -4.12. The van der Waals surface area contributed by atoms with Gasteiger partial charge in [0.1, 0.15) is 23.9 Å². The first-order chi connectivity index (χ1) is 19.4. The maximum absolute atomic E-state index is 14.0. The molecule has 0 fully saturated rings. The van der Waals surface area contributed by atoms with Crippen molar-refractivity contribution < 1.29 is 36.4 Å². The van der Waals surface area contributed by atoms with Crippen molar-refractivity contribution in [2.45, 2.75) is 37.8 Å². The second-order valence-electron chi connectivity index (χ2n) is 10.1. The lowest BCUT2D eigenvalue weighted by Crippen LogP contribution is -2.48. The van der Waals surface area contributed by atoms with Crippen molar-refractivity contribution in [3.8, 4) is 5.75 Å². The maximum atomic E-state index is 14.0. The van der Waals surface area contributed by atoms with Crippen LogP contribution in [0.15, 0.2) is 57.9 Å². The van der Waals surface area contributed by atoms with Crippen LogP contribution in [0.4, 0.5) is 10.1 Å². The van der Waals surface area contributed by atoms with Crippen LogP contribution in [0.5, 0.6) is 5.75 Å². The van der Waals surface area contributed by atoms with E-state index in [-0.39, 0.29) is 53.4 Å². The van der Waals surface area contributed by atoms with Crippen LogP contribution in [-0.2, 0) is 14.8 Å². The van der Waals surface area contributed by atoms with Gasteiger partial charge < -0.3 is 24.2 Å². The number of fused-ring (bicyclic) bond motifs is 1. The lowest BCUT2D eigenvalue weighted by Gasteiger charge is -2.35. The Hall–Kier alpha value is -3.81. The van der Waals surface area contributed by atoms with Crippen LogP contribution in [0, 0.1) is 18.7 Å². The summed E-state index contributed by atoms with van der Waals surface area (Å²) in [7, 11) is -1.02. The Balaban J connectivity index is 1.69. The van der Waals surface area contributed by atoms with Gasteiger partial charge in [0, 0.05) is 39.0 Å². The topological polar surface area (TPSA) is 131 Å². The van der Waals surface area contributed by atoms with Crippen LogP contribution in [-0.4, -0.2) is 80.6 Å². The maximum Gasteiger partial charge on any atom is 0.277 e. The van der Waals surface area contributed by atoms with Gasteiger partial charge in [0.25, 0.3) is 11.8 Å². The molecule has 3 atom stereocenters. The number of nitrogens with zero attached hydrogens (tertiary/aromatic N) is 3. The number of halogens is 1. The number of hydrogen-bond acceptors (Lipinski definition) is 8. The van der Waals surface area contributed by atoms with Gasteiger partial charge in [-0.25, -0.2) is 12.8 Å². The summed E-state index contributed by atoms with van der Waals surface area (Å²) < 4.78 is 59.3. The molecule has 1 aliphatic rings. The zero-order valence-corrected chi connectivity index (χ0v) is 24.3. The first-order valence-electron chi connectivity index (χ1n) is 13.0. The highest BCUT2D eigenvalue weighted by molar-refractivity contribution is 7.89. The van der Waals surface area contributed by atoms with E-state index in [1.54, 1.807) is 27.0 Å². The summed E-state index contributed by atoms with van der Waals surface area (Å²) >= 11 is 0. The third-order valence-electron chi connectivity index (χ3n) is 6.91. The van der Waals surface area contributed by atoms with E-state index in [1.807, 2.05) is 6.92 Å². The molecule has 1 aromatic heterocycles. The fourth-order valence-corrected chi connectivity index (χ4v) is 6.34. The van der Waals surface area contributed by atoms with Gasteiger partial charge in [-0.15, -0.1) is 0 Å². The third kappa shape index (κ3) is 6.75. The molecular weight excluding hydrogens is 555 g/mol. The number of ether oxygens (including phenoxy) is 2. The normalized spacial score (nSPS) is 20.9. The monoisotopic (exact) mass is 588 g/mol. The molecule has 1 aliphatic heterocycles. The van der Waals surface area contributed by atoms with Gasteiger partial charge in [-0.2, -0.15) is 4.31 Å². The summed E-state index contributed by atoms with van der Waals surface area (Å²) in [5.41, 5.74) is 0.573. The molecule has 2 amide bonds. The van der Waals surface area contributed by atoms with Crippen LogP contribution in [0.3, 0.4) is 0 Å². The Labute approximate surface area is 238 Å². The highest BCUT2D eigenvalue weighted by Gasteiger charge is 2.35. The molecule has 0 saturated carbocycles. The average molecular weight is 589 g/mol. The van der Waals surface area contributed by atoms with E-state index >= 15 is 0 Å². The number of nitrogens with one attached hydrogen (secondary N) is 1. The predicted molar refractivity (Wildman–Crippen MR) is 148 cm³/mol. The van der Waals surface area contributed by atoms with E-state index in [1.165, 1.54) is 52.7 Å². The number of anilines is 1. The minimum absolute atomic E-state index is 0.0449. The largest absolute Gasteiger partial charge is 0.491 e. The Morgan fingerprint density at radius 1 is 1.15 bits per heavy atom. The number of hydrogen-bond donors (Lipinski definition) is 1. The lowest BCUT2D eigenvalue weighted by molar-refractivity contribution is 0.0212. The lowest BCUT2D eigenvalue weighted by atomic mass is 10.0. The average Bonchev–Trinajstić information content (AvgIpc) is 3.38. The van der Waals surface area contributed by atoms with Crippen LogP contribution in [0.2, 0.25) is 0 Å². The number of sulfonamides is 1. The molecule has 2 aromatic carbocycles. The molecule has 0 unspecified atom stereocenters. The Bertz CT molecular complexity index is 1530. The summed E-state index contributed by atoms with van der Waals surface area (Å²) in [5, 5.41) is 6.41. The Morgan fingerprint density at radius 3 is 2.56 bits per heavy atom. The van der Waals surface area contributed by atoms with Crippen molar-refractivity contribution in [3.63, 3.8) is 0 Å². The SMILES string of the molecule is CO[C@@H]1CN(C)C(=O)c2cc(NC(=O)c3cc(C)on3)ccc2OC[C@@H](C)N(S(=O)(=O)c2cccc(F)c2)C[C@H]1C. The third-order valence-corrected chi connectivity index (χ3v) is 8.88. The smallest absolute Gasteiger partial charge is 0.277 e. The summed E-state index contributed by atoms with van der Waals surface area (Å²) in [5.74, 6) is -1.23. The van der Waals surface area contributed by atoms with E-state index in [0.29, 0.717) is 11.4 Å². The highest BCUT2D eigenvalue weighted by Crippen LogP contribution is 2.28. The number of aromatic nitrogens is 1. The number of amides is 2. The summed E-state index contributed by atoms with van der Waals surface area (Å²) in [6.07, 6.45) is -0.525. The molecule has 1 N–H and O–H groups in total. The van der Waals surface area contributed by atoms with Crippen LogP contribution in [0.25, 0.3) is 0 Å². The fourth-order valence-electron chi connectivity index (χ4n) is 4.59. The standard InChI is InChI=1S/C28H33FN4O7S/c1-17-14-33(41(36,37)22-8-6-7-20(29)12-22)18(2)16-39-25-10-9-21(30-27(34)24-11-19(3)40-31-24)13-23(25)28(35)32(4)15-26(17)38-5/h6-13,17-18,26H,14-16H2,1-5H3,(H,30,34)/t17-,18-,26-/m1/s1. The first-order valence-corrected chi connectivity index (χ1v) is 14.4. The van der Waals surface area contributed by atoms with Gasteiger partial charge >= 0.3 is 0 Å². The molecule has 0 spiro atoms. The number of rotatable bonds is 5. The Kier molecular flexibility index (Phi) is 9.10. The van der Waals surface area contributed by atoms with E-state index in [0.717, 1.165) is 6.07 Å². The van der Waals surface area contributed by atoms with Gasteiger partial charge in [-0.1, -0.05) is 18.1 Å². The molecule has 4 rings (SSSR count). The number of carbonyl (C=O) groups excluding carboxylic acids is 2. The number of likely N-dealkylation sites (N-methyl/N-ethyl adjacent to an activating group) is 1. The fraction of sp³-hybridized carbons (Fsp3) is 0.393. The summed E-state index contributed by atoms with van der Waals surface area (Å²) in [6.45, 7) is 5.26. The molecule has 41 heavy (non-hydrogen) atoms. The number of carbonyl (C=O) groups is 2. The van der Waals surface area contributed by atoms with Crippen molar-refractivity contribution in [2.75, 3.05) is 39.2 Å². The summed E-state index contributed by atoms with van der Waals surface area (Å²) in [4.78, 5) is 27.5.